The van der Waals surface area contributed by atoms with Gasteiger partial charge < -0.3 is 15.7 Å². The van der Waals surface area contributed by atoms with E-state index >= 15 is 0 Å². The molecule has 1 heterocycles. The van der Waals surface area contributed by atoms with E-state index < -0.39 is 5.91 Å². The number of carbonyl (C=O) groups excluding carboxylic acids is 2. The number of nitrogens with zero attached hydrogens (tertiary/aromatic N) is 2. The van der Waals surface area contributed by atoms with Gasteiger partial charge in [0, 0.05) is 18.5 Å². The Hall–Kier alpha value is -2.67. The second-order valence-electron chi connectivity index (χ2n) is 5.29. The molecule has 0 fully saturated rings. The number of aliphatic hydroxyl groups excluding tert-OH is 1. The van der Waals surface area contributed by atoms with E-state index in [0.29, 0.717) is 5.82 Å². The maximum atomic E-state index is 12.0. The zero-order chi connectivity index (χ0) is 16.8. The van der Waals surface area contributed by atoms with E-state index in [0.717, 1.165) is 5.69 Å². The van der Waals surface area contributed by atoms with Crippen molar-refractivity contribution in [2.45, 2.75) is 13.8 Å². The van der Waals surface area contributed by atoms with Crippen LogP contribution in [0, 0.1) is 5.92 Å². The van der Waals surface area contributed by atoms with Crippen LogP contribution in [0.5, 0.6) is 0 Å². The zero-order valence-corrected chi connectivity index (χ0v) is 13.1. The lowest BCUT2D eigenvalue weighted by Gasteiger charge is -2.10. The number of amides is 2. The first-order valence-electron chi connectivity index (χ1n) is 7.38. The highest BCUT2D eigenvalue weighted by molar-refractivity contribution is 5.96. The molecule has 0 aliphatic heterocycles. The minimum absolute atomic E-state index is 0.144. The summed E-state index contributed by atoms with van der Waals surface area (Å²) in [6, 6.07) is 10.7. The molecule has 1 aromatic carbocycles. The molecular weight excluding hydrogens is 296 g/mol. The Kier molecular flexibility index (Phi) is 5.48. The van der Waals surface area contributed by atoms with Gasteiger partial charge in [-0.05, 0) is 12.1 Å². The molecule has 0 saturated carbocycles. The van der Waals surface area contributed by atoms with Crippen LogP contribution < -0.4 is 10.6 Å². The van der Waals surface area contributed by atoms with Crippen molar-refractivity contribution >= 4 is 17.6 Å². The van der Waals surface area contributed by atoms with Crippen molar-refractivity contribution in [1.29, 1.82) is 0 Å². The molecule has 2 aromatic rings. The molecule has 7 heteroatoms. The Labute approximate surface area is 134 Å². The first-order chi connectivity index (χ1) is 11.0. The number of hydrogen-bond donors (Lipinski definition) is 3. The maximum absolute atomic E-state index is 12.0. The molecule has 23 heavy (non-hydrogen) atoms. The van der Waals surface area contributed by atoms with Crippen molar-refractivity contribution < 1.29 is 14.7 Å². The molecule has 7 nitrogen and oxygen atoms in total. The number of aromatic nitrogens is 2. The summed E-state index contributed by atoms with van der Waals surface area (Å²) in [5.41, 5.74) is 0.897. The van der Waals surface area contributed by atoms with E-state index in [1.165, 1.54) is 10.7 Å². The molecule has 3 N–H and O–H groups in total. The van der Waals surface area contributed by atoms with Crippen molar-refractivity contribution in [3.63, 3.8) is 0 Å². The van der Waals surface area contributed by atoms with Crippen molar-refractivity contribution in [2.24, 2.45) is 5.92 Å². The van der Waals surface area contributed by atoms with E-state index in [2.05, 4.69) is 15.7 Å². The summed E-state index contributed by atoms with van der Waals surface area (Å²) in [5, 5.41) is 18.3. The largest absolute Gasteiger partial charge is 0.395 e. The van der Waals surface area contributed by atoms with Gasteiger partial charge in [0.1, 0.15) is 5.82 Å². The average Bonchev–Trinajstić information content (AvgIpc) is 2.97. The number of carbonyl (C=O) groups is 2. The quantitative estimate of drug-likeness (QED) is 0.746. The SMILES string of the molecule is CC(C)C(=O)Nc1cc(C(=O)NCCO)nn1-c1ccccc1. The van der Waals surface area contributed by atoms with Crippen molar-refractivity contribution in [3.05, 3.63) is 42.1 Å². The molecule has 122 valence electrons. The number of anilines is 1. The number of rotatable bonds is 6. The van der Waals surface area contributed by atoms with Crippen LogP contribution in [0.15, 0.2) is 36.4 Å². The minimum atomic E-state index is -0.409. The Morgan fingerprint density at radius 1 is 1.26 bits per heavy atom. The van der Waals surface area contributed by atoms with Gasteiger partial charge in [0.2, 0.25) is 5.91 Å². The Morgan fingerprint density at radius 3 is 2.57 bits per heavy atom. The second-order valence-corrected chi connectivity index (χ2v) is 5.29. The van der Waals surface area contributed by atoms with Gasteiger partial charge in [0.05, 0.1) is 12.3 Å². The van der Waals surface area contributed by atoms with Crippen LogP contribution in [0.1, 0.15) is 24.3 Å². The first kappa shape index (κ1) is 16.7. The summed E-state index contributed by atoms with van der Waals surface area (Å²) >= 11 is 0. The lowest BCUT2D eigenvalue weighted by atomic mass is 10.2. The standard InChI is InChI=1S/C16H20N4O3/c1-11(2)15(22)18-14-10-13(16(23)17-8-9-21)19-20(14)12-6-4-3-5-7-12/h3-7,10-11,21H,8-9H2,1-2H3,(H,17,23)(H,18,22). The molecular formula is C16H20N4O3. The summed E-state index contributed by atoms with van der Waals surface area (Å²) in [6.07, 6.45) is 0. The smallest absolute Gasteiger partial charge is 0.271 e. The molecule has 0 saturated heterocycles. The highest BCUT2D eigenvalue weighted by Gasteiger charge is 2.17. The molecule has 2 amide bonds. The van der Waals surface area contributed by atoms with E-state index in [9.17, 15) is 9.59 Å². The molecule has 2 rings (SSSR count). The number of aliphatic hydroxyl groups is 1. The van der Waals surface area contributed by atoms with Crippen LogP contribution in [0.25, 0.3) is 5.69 Å². The fourth-order valence-corrected chi connectivity index (χ4v) is 1.88. The highest BCUT2D eigenvalue weighted by atomic mass is 16.3. The van der Waals surface area contributed by atoms with E-state index in [1.807, 2.05) is 30.3 Å². The molecule has 0 unspecified atom stereocenters. The van der Waals surface area contributed by atoms with Crippen molar-refractivity contribution in [2.75, 3.05) is 18.5 Å². The van der Waals surface area contributed by atoms with Crippen LogP contribution in [0.4, 0.5) is 5.82 Å². The molecule has 0 aliphatic rings. The van der Waals surface area contributed by atoms with Crippen LogP contribution in [-0.2, 0) is 4.79 Å². The topological polar surface area (TPSA) is 96.2 Å². The summed E-state index contributed by atoms with van der Waals surface area (Å²) < 4.78 is 1.51. The lowest BCUT2D eigenvalue weighted by molar-refractivity contribution is -0.118. The number of hydrogen-bond acceptors (Lipinski definition) is 4. The summed E-state index contributed by atoms with van der Waals surface area (Å²) in [7, 11) is 0. The molecule has 0 spiro atoms. The third kappa shape index (κ3) is 4.17. The van der Waals surface area contributed by atoms with E-state index in [1.54, 1.807) is 13.8 Å². The third-order valence-corrected chi connectivity index (χ3v) is 3.12. The van der Waals surface area contributed by atoms with Crippen LogP contribution >= 0.6 is 0 Å². The minimum Gasteiger partial charge on any atom is -0.395 e. The van der Waals surface area contributed by atoms with Gasteiger partial charge in [-0.3, -0.25) is 9.59 Å². The van der Waals surface area contributed by atoms with Gasteiger partial charge in [-0.15, -0.1) is 0 Å². The van der Waals surface area contributed by atoms with Crippen LogP contribution in [-0.4, -0.2) is 39.9 Å². The van der Waals surface area contributed by atoms with Gasteiger partial charge in [0.15, 0.2) is 5.69 Å². The summed E-state index contributed by atoms with van der Waals surface area (Å²) in [6.45, 7) is 3.56. The van der Waals surface area contributed by atoms with Crippen LogP contribution in [0.3, 0.4) is 0 Å². The average molecular weight is 316 g/mol. The molecule has 0 atom stereocenters. The fraction of sp³-hybridized carbons (Fsp3) is 0.312. The lowest BCUT2D eigenvalue weighted by Crippen LogP contribution is -2.26. The summed E-state index contributed by atoms with van der Waals surface area (Å²) in [5.74, 6) is -0.344. The van der Waals surface area contributed by atoms with Gasteiger partial charge >= 0.3 is 0 Å². The number of nitrogens with one attached hydrogen (secondary N) is 2. The monoisotopic (exact) mass is 316 g/mol. The van der Waals surface area contributed by atoms with Crippen LogP contribution in [0.2, 0.25) is 0 Å². The van der Waals surface area contributed by atoms with Gasteiger partial charge in [-0.25, -0.2) is 4.68 Å². The summed E-state index contributed by atoms with van der Waals surface area (Å²) in [4.78, 5) is 24.0. The van der Waals surface area contributed by atoms with Gasteiger partial charge in [-0.2, -0.15) is 5.10 Å². The van der Waals surface area contributed by atoms with E-state index in [4.69, 9.17) is 5.11 Å². The highest BCUT2D eigenvalue weighted by Crippen LogP contribution is 2.18. The molecule has 1 aromatic heterocycles. The number of benzene rings is 1. The predicted octanol–water partition coefficient (Wildman–Crippen LogP) is 1.19. The Balaban J connectivity index is 2.36. The Morgan fingerprint density at radius 2 is 1.96 bits per heavy atom. The van der Waals surface area contributed by atoms with Crippen molar-refractivity contribution in [1.82, 2.24) is 15.1 Å². The van der Waals surface area contributed by atoms with Gasteiger partial charge in [0.25, 0.3) is 5.91 Å². The molecule has 0 aliphatic carbocycles. The zero-order valence-electron chi connectivity index (χ0n) is 13.1. The molecule has 0 bridgehead atoms. The second kappa shape index (κ2) is 7.55. The third-order valence-electron chi connectivity index (χ3n) is 3.12. The maximum Gasteiger partial charge on any atom is 0.271 e. The Bertz CT molecular complexity index is 680. The number of para-hydroxylation sites is 1. The fourth-order valence-electron chi connectivity index (χ4n) is 1.88. The van der Waals surface area contributed by atoms with Crippen molar-refractivity contribution in [3.8, 4) is 5.69 Å². The normalized spacial score (nSPS) is 10.6. The molecule has 0 radical (unpaired) electrons. The van der Waals surface area contributed by atoms with E-state index in [-0.39, 0.29) is 30.7 Å². The van der Waals surface area contributed by atoms with Gasteiger partial charge in [-0.1, -0.05) is 32.0 Å². The predicted molar refractivity (Wildman–Crippen MR) is 86.5 cm³/mol. The first-order valence-corrected chi connectivity index (χ1v) is 7.38.